The Labute approximate surface area is 193 Å². The van der Waals surface area contributed by atoms with Crippen LogP contribution in [0.1, 0.15) is 29.3 Å². The van der Waals surface area contributed by atoms with Gasteiger partial charge in [0, 0.05) is 30.1 Å². The first kappa shape index (κ1) is 22.1. The molecule has 1 N–H and O–H groups in total. The third kappa shape index (κ3) is 4.41. The smallest absolute Gasteiger partial charge is 0.254 e. The molecule has 2 aromatic carbocycles. The molecular weight excluding hydrogens is 420 g/mol. The number of rotatable bonds is 7. The summed E-state index contributed by atoms with van der Waals surface area (Å²) in [7, 11) is 1.59. The number of carbonyl (C=O) groups excluding carboxylic acids is 2. The molecule has 1 saturated heterocycles. The molecular formula is C26H28N2O3S. The van der Waals surface area contributed by atoms with Crippen LogP contribution in [0.5, 0.6) is 5.75 Å². The second-order valence-electron chi connectivity index (χ2n) is 8.16. The highest BCUT2D eigenvalue weighted by molar-refractivity contribution is 7.13. The Morgan fingerprint density at radius 2 is 1.97 bits per heavy atom. The third-order valence-corrected chi connectivity index (χ3v) is 7.01. The third-order valence-electron chi connectivity index (χ3n) is 6.11. The quantitative estimate of drug-likeness (QED) is 0.573. The highest BCUT2D eigenvalue weighted by atomic mass is 32.1. The summed E-state index contributed by atoms with van der Waals surface area (Å²) in [6.07, 6.45) is 1.22. The van der Waals surface area contributed by atoms with Crippen LogP contribution < -0.4 is 10.1 Å². The van der Waals surface area contributed by atoms with E-state index in [-0.39, 0.29) is 11.8 Å². The van der Waals surface area contributed by atoms with Gasteiger partial charge in [0.1, 0.15) is 5.75 Å². The lowest BCUT2D eigenvalue weighted by Crippen LogP contribution is -2.45. The summed E-state index contributed by atoms with van der Waals surface area (Å²) in [6, 6.07) is 19.6. The van der Waals surface area contributed by atoms with Crippen LogP contribution in [0.15, 0.2) is 66.0 Å². The molecule has 6 heteroatoms. The van der Waals surface area contributed by atoms with Gasteiger partial charge in [0.15, 0.2) is 0 Å². The van der Waals surface area contributed by atoms with Gasteiger partial charge in [-0.15, -0.1) is 11.3 Å². The second kappa shape index (κ2) is 9.57. The summed E-state index contributed by atoms with van der Waals surface area (Å²) in [6.45, 7) is 3.44. The molecule has 3 aromatic rings. The van der Waals surface area contributed by atoms with Crippen molar-refractivity contribution in [1.82, 2.24) is 10.2 Å². The van der Waals surface area contributed by atoms with Gasteiger partial charge in [0.2, 0.25) is 5.91 Å². The molecule has 1 aliphatic heterocycles. The molecule has 2 heterocycles. The summed E-state index contributed by atoms with van der Waals surface area (Å²) in [5, 5.41) is 5.09. The Hall–Kier alpha value is -3.12. The van der Waals surface area contributed by atoms with E-state index in [0.29, 0.717) is 43.8 Å². The van der Waals surface area contributed by atoms with E-state index in [1.165, 1.54) is 4.88 Å². The summed E-state index contributed by atoms with van der Waals surface area (Å²) in [5.41, 5.74) is 2.22. The largest absolute Gasteiger partial charge is 0.497 e. The van der Waals surface area contributed by atoms with E-state index in [1.54, 1.807) is 35.5 Å². The number of methoxy groups -OCH3 is 1. The molecule has 1 unspecified atom stereocenters. The fourth-order valence-electron chi connectivity index (χ4n) is 4.45. The van der Waals surface area contributed by atoms with E-state index in [4.69, 9.17) is 4.74 Å². The number of thiophene rings is 1. The predicted octanol–water partition coefficient (Wildman–Crippen LogP) is 4.63. The van der Waals surface area contributed by atoms with E-state index < -0.39 is 5.41 Å². The minimum Gasteiger partial charge on any atom is -0.497 e. The lowest BCUT2D eigenvalue weighted by Gasteiger charge is -2.29. The van der Waals surface area contributed by atoms with Crippen molar-refractivity contribution in [3.8, 4) is 16.2 Å². The molecule has 32 heavy (non-hydrogen) atoms. The van der Waals surface area contributed by atoms with Crippen LogP contribution in [0.4, 0.5) is 0 Å². The van der Waals surface area contributed by atoms with Crippen LogP contribution in [-0.2, 0) is 11.2 Å². The topological polar surface area (TPSA) is 58.6 Å². The minimum atomic E-state index is -0.655. The summed E-state index contributed by atoms with van der Waals surface area (Å²) in [4.78, 5) is 29.5. The van der Waals surface area contributed by atoms with Crippen molar-refractivity contribution in [2.75, 3.05) is 26.7 Å². The highest BCUT2D eigenvalue weighted by Crippen LogP contribution is 2.39. The molecule has 0 spiro atoms. The van der Waals surface area contributed by atoms with Gasteiger partial charge in [-0.2, -0.15) is 0 Å². The van der Waals surface area contributed by atoms with Gasteiger partial charge in [-0.1, -0.05) is 36.4 Å². The summed E-state index contributed by atoms with van der Waals surface area (Å²) >= 11 is 1.69. The van der Waals surface area contributed by atoms with Crippen molar-refractivity contribution < 1.29 is 14.3 Å². The molecule has 0 aliphatic carbocycles. The maximum Gasteiger partial charge on any atom is 0.254 e. The number of hydrogen-bond acceptors (Lipinski definition) is 4. The van der Waals surface area contributed by atoms with E-state index in [1.807, 2.05) is 37.3 Å². The van der Waals surface area contributed by atoms with E-state index >= 15 is 0 Å². The average Bonchev–Trinajstić information content (AvgIpc) is 3.50. The van der Waals surface area contributed by atoms with Gasteiger partial charge in [0.05, 0.1) is 12.5 Å². The number of amides is 2. The molecule has 1 aromatic heterocycles. The Bertz CT molecular complexity index is 1100. The van der Waals surface area contributed by atoms with Crippen molar-refractivity contribution in [2.45, 2.75) is 19.8 Å². The van der Waals surface area contributed by atoms with E-state index in [9.17, 15) is 9.59 Å². The molecule has 166 valence electrons. The van der Waals surface area contributed by atoms with Gasteiger partial charge >= 0.3 is 0 Å². The normalized spacial score (nSPS) is 17.9. The maximum absolute atomic E-state index is 13.3. The van der Waals surface area contributed by atoms with Crippen LogP contribution in [0.2, 0.25) is 0 Å². The Kier molecular flexibility index (Phi) is 6.61. The lowest BCUT2D eigenvalue weighted by molar-refractivity contribution is -0.130. The number of likely N-dealkylation sites (tertiary alicyclic amines) is 1. The van der Waals surface area contributed by atoms with E-state index in [0.717, 1.165) is 11.1 Å². The van der Waals surface area contributed by atoms with Crippen LogP contribution >= 0.6 is 11.3 Å². The van der Waals surface area contributed by atoms with Crippen molar-refractivity contribution in [1.29, 1.82) is 0 Å². The number of carbonyl (C=O) groups is 2. The number of benzene rings is 2. The van der Waals surface area contributed by atoms with Gasteiger partial charge in [-0.05, 0) is 60.5 Å². The zero-order valence-corrected chi connectivity index (χ0v) is 19.3. The molecule has 1 aliphatic rings. The van der Waals surface area contributed by atoms with E-state index in [2.05, 4.69) is 28.9 Å². The van der Waals surface area contributed by atoms with Crippen LogP contribution in [-0.4, -0.2) is 43.5 Å². The van der Waals surface area contributed by atoms with Crippen LogP contribution in [0.25, 0.3) is 10.4 Å². The molecule has 2 amide bonds. The van der Waals surface area contributed by atoms with Crippen molar-refractivity contribution in [3.05, 3.63) is 77.2 Å². The van der Waals surface area contributed by atoms with Gasteiger partial charge in [-0.25, -0.2) is 0 Å². The zero-order valence-electron chi connectivity index (χ0n) is 18.5. The fraction of sp³-hybridized carbons (Fsp3) is 0.308. The second-order valence-corrected chi connectivity index (χ2v) is 9.11. The molecule has 4 rings (SSSR count). The van der Waals surface area contributed by atoms with Crippen molar-refractivity contribution >= 4 is 23.2 Å². The monoisotopic (exact) mass is 448 g/mol. The average molecular weight is 449 g/mol. The number of nitrogens with zero attached hydrogens (tertiary/aromatic N) is 1. The summed E-state index contributed by atoms with van der Waals surface area (Å²) < 4.78 is 5.27. The highest BCUT2D eigenvalue weighted by Gasteiger charge is 2.46. The Morgan fingerprint density at radius 1 is 1.12 bits per heavy atom. The minimum absolute atomic E-state index is 0.0157. The SMILES string of the molecule is CCNC(=O)C1(Cc2ccccc2-c2cccs2)CCN(C(=O)c2cccc(OC)c2)C1. The van der Waals surface area contributed by atoms with Crippen LogP contribution in [0.3, 0.4) is 0 Å². The Balaban J connectivity index is 1.63. The maximum atomic E-state index is 13.3. The van der Waals surface area contributed by atoms with Gasteiger partial charge in [-0.3, -0.25) is 9.59 Å². The fourth-order valence-corrected chi connectivity index (χ4v) is 5.24. The van der Waals surface area contributed by atoms with Gasteiger partial charge < -0.3 is 15.0 Å². The zero-order chi connectivity index (χ0) is 22.6. The number of ether oxygens (including phenoxy) is 1. The molecule has 1 atom stereocenters. The number of hydrogen-bond donors (Lipinski definition) is 1. The predicted molar refractivity (Wildman–Crippen MR) is 128 cm³/mol. The standard InChI is InChI=1S/C26H28N2O3S/c1-3-27-25(30)26(17-20-8-4-5-11-22(20)23-12-7-15-32-23)13-14-28(18-26)24(29)19-9-6-10-21(16-19)31-2/h4-12,15-16H,3,13-14,17-18H2,1-2H3,(H,27,30). The molecule has 0 radical (unpaired) electrons. The summed E-state index contributed by atoms with van der Waals surface area (Å²) in [5.74, 6) is 0.596. The lowest BCUT2D eigenvalue weighted by atomic mass is 9.78. The number of nitrogens with one attached hydrogen (secondary N) is 1. The van der Waals surface area contributed by atoms with Crippen LogP contribution in [0, 0.1) is 5.41 Å². The van der Waals surface area contributed by atoms with Crippen molar-refractivity contribution in [3.63, 3.8) is 0 Å². The molecule has 0 saturated carbocycles. The Morgan fingerprint density at radius 3 is 2.72 bits per heavy atom. The van der Waals surface area contributed by atoms with Crippen molar-refractivity contribution in [2.24, 2.45) is 5.41 Å². The first-order chi connectivity index (χ1) is 15.6. The molecule has 1 fully saturated rings. The molecule has 0 bridgehead atoms. The van der Waals surface area contributed by atoms with Gasteiger partial charge in [0.25, 0.3) is 5.91 Å². The first-order valence-corrected chi connectivity index (χ1v) is 11.8. The molecule has 5 nitrogen and oxygen atoms in total. The first-order valence-electron chi connectivity index (χ1n) is 10.9.